The van der Waals surface area contributed by atoms with Crippen LogP contribution in [-0.4, -0.2) is 29.4 Å². The summed E-state index contributed by atoms with van der Waals surface area (Å²) in [7, 11) is 1.67. The van der Waals surface area contributed by atoms with E-state index in [-0.39, 0.29) is 5.56 Å². The first-order valence-corrected chi connectivity index (χ1v) is 5.88. The summed E-state index contributed by atoms with van der Waals surface area (Å²) in [5, 5.41) is 0.727. The summed E-state index contributed by atoms with van der Waals surface area (Å²) in [5.41, 5.74) is -0.144. The van der Waals surface area contributed by atoms with Gasteiger partial charge in [-0.05, 0) is 22.4 Å². The molecule has 0 aliphatic rings. The highest BCUT2D eigenvalue weighted by molar-refractivity contribution is 9.10. The molecule has 0 amide bonds. The third-order valence-electron chi connectivity index (χ3n) is 1.50. The predicted octanol–water partition coefficient (Wildman–Crippen LogP) is 1.66. The van der Waals surface area contributed by atoms with E-state index in [9.17, 15) is 4.79 Å². The molecule has 1 rings (SSSR count). The van der Waals surface area contributed by atoms with E-state index in [2.05, 4.69) is 25.9 Å². The minimum atomic E-state index is -0.144. The van der Waals surface area contributed by atoms with Crippen LogP contribution in [0, 0.1) is 0 Å². The van der Waals surface area contributed by atoms with E-state index in [0.29, 0.717) is 4.47 Å². The van der Waals surface area contributed by atoms with Gasteiger partial charge in [-0.1, -0.05) is 0 Å². The fraction of sp³-hybridized carbons (Fsp3) is 0.500. The first kappa shape index (κ1) is 11.7. The van der Waals surface area contributed by atoms with Crippen molar-refractivity contribution in [2.75, 3.05) is 19.5 Å². The summed E-state index contributed by atoms with van der Waals surface area (Å²) in [5.74, 6) is 0.892. The van der Waals surface area contributed by atoms with Crippen molar-refractivity contribution in [3.63, 3.8) is 0 Å². The van der Waals surface area contributed by atoms with Gasteiger partial charge in [0.25, 0.3) is 5.56 Å². The molecule has 1 N–H and O–H groups in total. The molecule has 1 heterocycles. The molecule has 6 heteroatoms. The van der Waals surface area contributed by atoms with E-state index in [1.807, 2.05) is 0 Å². The lowest BCUT2D eigenvalue weighted by atomic mass is 10.5. The van der Waals surface area contributed by atoms with Gasteiger partial charge >= 0.3 is 0 Å². The van der Waals surface area contributed by atoms with Crippen molar-refractivity contribution in [2.24, 2.45) is 0 Å². The number of rotatable bonds is 5. The lowest BCUT2D eigenvalue weighted by Gasteiger charge is -2.01. The van der Waals surface area contributed by atoms with Crippen molar-refractivity contribution in [1.82, 2.24) is 9.97 Å². The zero-order valence-electron chi connectivity index (χ0n) is 7.75. The monoisotopic (exact) mass is 278 g/mol. The quantitative estimate of drug-likeness (QED) is 0.506. The van der Waals surface area contributed by atoms with Crippen molar-refractivity contribution >= 4 is 27.7 Å². The Balaban J connectivity index is 2.51. The zero-order valence-corrected chi connectivity index (χ0v) is 10.2. The molecule has 0 aromatic carbocycles. The third-order valence-corrected chi connectivity index (χ3v) is 3.57. The van der Waals surface area contributed by atoms with Gasteiger partial charge in [0.1, 0.15) is 9.50 Å². The van der Waals surface area contributed by atoms with E-state index < -0.39 is 0 Å². The Labute approximate surface area is 94.6 Å². The van der Waals surface area contributed by atoms with Gasteiger partial charge in [0.05, 0.1) is 6.33 Å². The molecule has 4 nitrogen and oxygen atoms in total. The Morgan fingerprint density at radius 3 is 3.21 bits per heavy atom. The molecule has 0 fully saturated rings. The maximum Gasteiger partial charge on any atom is 0.266 e. The van der Waals surface area contributed by atoms with Crippen LogP contribution in [0.3, 0.4) is 0 Å². The summed E-state index contributed by atoms with van der Waals surface area (Å²) in [6, 6.07) is 0. The normalized spacial score (nSPS) is 10.4. The molecule has 0 saturated carbocycles. The van der Waals surface area contributed by atoms with Crippen LogP contribution in [0.1, 0.15) is 6.42 Å². The van der Waals surface area contributed by atoms with Gasteiger partial charge in [-0.15, -0.1) is 11.8 Å². The van der Waals surface area contributed by atoms with Crippen molar-refractivity contribution in [1.29, 1.82) is 0 Å². The van der Waals surface area contributed by atoms with Gasteiger partial charge in [0, 0.05) is 19.5 Å². The van der Waals surface area contributed by atoms with Crippen LogP contribution in [0.25, 0.3) is 0 Å². The van der Waals surface area contributed by atoms with Crippen molar-refractivity contribution < 1.29 is 4.74 Å². The minimum absolute atomic E-state index is 0.144. The predicted molar refractivity (Wildman–Crippen MR) is 59.8 cm³/mol. The first-order chi connectivity index (χ1) is 6.75. The molecular formula is C8H11BrN2O2S. The SMILES string of the molecule is COCCCSc1nc[nH]c(=O)c1Br. The van der Waals surface area contributed by atoms with Gasteiger partial charge in [-0.2, -0.15) is 0 Å². The van der Waals surface area contributed by atoms with Gasteiger partial charge < -0.3 is 9.72 Å². The summed E-state index contributed by atoms with van der Waals surface area (Å²) >= 11 is 4.73. The molecule has 0 unspecified atom stereocenters. The molecule has 0 spiro atoms. The van der Waals surface area contributed by atoms with E-state index >= 15 is 0 Å². The number of ether oxygens (including phenoxy) is 1. The molecule has 14 heavy (non-hydrogen) atoms. The summed E-state index contributed by atoms with van der Waals surface area (Å²) < 4.78 is 5.42. The maximum atomic E-state index is 11.1. The molecule has 0 atom stereocenters. The molecule has 0 bridgehead atoms. The van der Waals surface area contributed by atoms with Crippen LogP contribution in [0.2, 0.25) is 0 Å². The second kappa shape index (κ2) is 6.21. The molecule has 1 aromatic rings. The third kappa shape index (κ3) is 3.43. The minimum Gasteiger partial charge on any atom is -0.385 e. The number of hydrogen-bond donors (Lipinski definition) is 1. The molecule has 78 valence electrons. The lowest BCUT2D eigenvalue weighted by Crippen LogP contribution is -2.08. The number of nitrogens with zero attached hydrogens (tertiary/aromatic N) is 1. The average Bonchev–Trinajstić information content (AvgIpc) is 2.19. The second-order valence-corrected chi connectivity index (χ2v) is 4.42. The Kier molecular flexibility index (Phi) is 5.21. The second-order valence-electron chi connectivity index (χ2n) is 2.55. The zero-order chi connectivity index (χ0) is 10.4. The van der Waals surface area contributed by atoms with Crippen LogP contribution >= 0.6 is 27.7 Å². The Morgan fingerprint density at radius 2 is 2.50 bits per heavy atom. The summed E-state index contributed by atoms with van der Waals surface area (Å²) in [4.78, 5) is 17.7. The Hall–Kier alpha value is -0.330. The van der Waals surface area contributed by atoms with Gasteiger partial charge in [0.2, 0.25) is 0 Å². The van der Waals surface area contributed by atoms with E-state index in [1.165, 1.54) is 6.33 Å². The Morgan fingerprint density at radius 1 is 1.71 bits per heavy atom. The van der Waals surface area contributed by atoms with Crippen LogP contribution in [0.15, 0.2) is 20.6 Å². The number of halogens is 1. The van der Waals surface area contributed by atoms with Crippen molar-refractivity contribution in [2.45, 2.75) is 11.4 Å². The number of thioether (sulfide) groups is 1. The average molecular weight is 279 g/mol. The van der Waals surface area contributed by atoms with Crippen LogP contribution in [-0.2, 0) is 4.74 Å². The standard InChI is InChI=1S/C8H11BrN2O2S/c1-13-3-2-4-14-8-6(9)7(12)10-5-11-8/h5H,2-4H2,1H3,(H,10,11,12). The highest BCUT2D eigenvalue weighted by atomic mass is 79.9. The van der Waals surface area contributed by atoms with Crippen LogP contribution in [0.5, 0.6) is 0 Å². The number of aromatic nitrogens is 2. The fourth-order valence-electron chi connectivity index (χ4n) is 0.839. The van der Waals surface area contributed by atoms with Crippen molar-refractivity contribution in [3.8, 4) is 0 Å². The molecule has 0 radical (unpaired) electrons. The smallest absolute Gasteiger partial charge is 0.266 e. The highest BCUT2D eigenvalue weighted by Gasteiger charge is 2.04. The van der Waals surface area contributed by atoms with Gasteiger partial charge in [0.15, 0.2) is 0 Å². The fourth-order valence-corrected chi connectivity index (χ4v) is 2.20. The topological polar surface area (TPSA) is 55.0 Å². The number of H-pyrrole nitrogens is 1. The number of aromatic amines is 1. The van der Waals surface area contributed by atoms with Crippen LogP contribution in [0.4, 0.5) is 0 Å². The first-order valence-electron chi connectivity index (χ1n) is 4.10. The maximum absolute atomic E-state index is 11.1. The van der Waals surface area contributed by atoms with E-state index in [0.717, 1.165) is 23.8 Å². The molecule has 1 aromatic heterocycles. The number of nitrogens with one attached hydrogen (secondary N) is 1. The van der Waals surface area contributed by atoms with Crippen LogP contribution < -0.4 is 5.56 Å². The molecular weight excluding hydrogens is 268 g/mol. The summed E-state index contributed by atoms with van der Waals surface area (Å²) in [6.45, 7) is 0.730. The number of hydrogen-bond acceptors (Lipinski definition) is 4. The summed E-state index contributed by atoms with van der Waals surface area (Å²) in [6.07, 6.45) is 2.35. The largest absolute Gasteiger partial charge is 0.385 e. The van der Waals surface area contributed by atoms with E-state index in [1.54, 1.807) is 18.9 Å². The highest BCUT2D eigenvalue weighted by Crippen LogP contribution is 2.21. The van der Waals surface area contributed by atoms with Gasteiger partial charge in [-0.3, -0.25) is 4.79 Å². The van der Waals surface area contributed by atoms with E-state index in [4.69, 9.17) is 4.74 Å². The lowest BCUT2D eigenvalue weighted by molar-refractivity contribution is 0.200. The van der Waals surface area contributed by atoms with Gasteiger partial charge in [-0.25, -0.2) is 4.98 Å². The molecule has 0 aliphatic carbocycles. The number of methoxy groups -OCH3 is 1. The molecule has 0 saturated heterocycles. The van der Waals surface area contributed by atoms with Crippen molar-refractivity contribution in [3.05, 3.63) is 21.2 Å². The molecule has 0 aliphatic heterocycles. The Bertz CT molecular complexity index is 342.